The molecule has 0 spiro atoms. The van der Waals surface area contributed by atoms with E-state index in [-0.39, 0.29) is 7.92 Å². The van der Waals surface area contributed by atoms with Crippen LogP contribution < -0.4 is 25.6 Å². The molecule has 0 saturated carbocycles. The van der Waals surface area contributed by atoms with Gasteiger partial charge in [-0.15, -0.1) is 0 Å². The predicted octanol–water partition coefficient (Wildman–Crippen LogP) is 5.68. The van der Waals surface area contributed by atoms with Crippen LogP contribution >= 0.6 is 7.92 Å². The van der Waals surface area contributed by atoms with E-state index < -0.39 is 0 Å². The highest BCUT2D eigenvalue weighted by Gasteiger charge is 2.21. The molecule has 0 unspecified atom stereocenters. The molecule has 0 amide bonds. The zero-order chi connectivity index (χ0) is 28.2. The van der Waals surface area contributed by atoms with Gasteiger partial charge in [-0.1, -0.05) is 14.0 Å². The van der Waals surface area contributed by atoms with E-state index >= 15 is 0 Å². The smallest absolute Gasteiger partial charge is 0.229 e. The van der Waals surface area contributed by atoms with Crippen molar-refractivity contribution in [3.05, 3.63) is 60.0 Å². The van der Waals surface area contributed by atoms with E-state index in [1.165, 1.54) is 16.4 Å². The molecule has 1 aliphatic heterocycles. The van der Waals surface area contributed by atoms with E-state index in [9.17, 15) is 0 Å². The molecule has 0 atom stereocenters. The van der Waals surface area contributed by atoms with Gasteiger partial charge in [0.1, 0.15) is 11.6 Å². The summed E-state index contributed by atoms with van der Waals surface area (Å²) in [5.41, 5.74) is 7.71. The Morgan fingerprint density at radius 3 is 2.55 bits per heavy atom. The molecule has 1 fully saturated rings. The fourth-order valence-electron chi connectivity index (χ4n) is 5.03. The van der Waals surface area contributed by atoms with Gasteiger partial charge in [0.15, 0.2) is 0 Å². The molecule has 4 aromatic rings. The third-order valence-electron chi connectivity index (χ3n) is 7.25. The van der Waals surface area contributed by atoms with Crippen LogP contribution in [0.2, 0.25) is 0 Å². The molecule has 2 aromatic heterocycles. The number of anilines is 5. The van der Waals surface area contributed by atoms with Gasteiger partial charge in [0.2, 0.25) is 5.95 Å². The Kier molecular flexibility index (Phi) is 8.52. The fourth-order valence-corrected chi connectivity index (χ4v) is 6.49. The van der Waals surface area contributed by atoms with Crippen molar-refractivity contribution in [3.63, 3.8) is 0 Å². The third-order valence-corrected chi connectivity index (χ3v) is 8.72. The van der Waals surface area contributed by atoms with Crippen molar-refractivity contribution in [2.75, 3.05) is 62.3 Å². The van der Waals surface area contributed by atoms with Crippen LogP contribution in [0.1, 0.15) is 18.1 Å². The number of hydrogen-bond donors (Lipinski definition) is 2. The fraction of sp³-hybridized carbons (Fsp3) is 0.367. The summed E-state index contributed by atoms with van der Waals surface area (Å²) in [6, 6.07) is 10.4. The average Bonchev–Trinajstić information content (AvgIpc) is 3.45. The summed E-state index contributed by atoms with van der Waals surface area (Å²) < 4.78 is 13.4. The first-order valence-corrected chi connectivity index (χ1v) is 15.8. The van der Waals surface area contributed by atoms with Gasteiger partial charge in [0.25, 0.3) is 0 Å². The first-order valence-electron chi connectivity index (χ1n) is 13.6. The highest BCUT2D eigenvalue weighted by molar-refractivity contribution is 7.64. The number of ether oxygens (including phenoxy) is 2. The number of benzene rings is 2. The normalized spacial score (nSPS) is 13.5. The van der Waals surface area contributed by atoms with Crippen LogP contribution in [0.3, 0.4) is 0 Å². The molecule has 5 rings (SSSR count). The molecule has 0 bridgehead atoms. The van der Waals surface area contributed by atoms with Crippen LogP contribution in [0.4, 0.5) is 28.8 Å². The van der Waals surface area contributed by atoms with Crippen molar-refractivity contribution in [1.82, 2.24) is 19.7 Å². The molecule has 1 aliphatic rings. The summed E-state index contributed by atoms with van der Waals surface area (Å²) >= 11 is 0. The summed E-state index contributed by atoms with van der Waals surface area (Å²) in [7, 11) is 1.39. The standard InChI is InChI=1S/C30H38N7O2P/c1-7-37-19-22(18-32-37)23-16-25(27(38-4)17-26(23)36-12-14-39-15-13-36)34-30-31-11-10-28(35-30)33-24-9-8-20(2)21(3)29(24)40(5)6/h8-11,16-19H,7,12-15H2,1-6H3,(H2,31,33,34,35). The van der Waals surface area contributed by atoms with E-state index in [0.717, 1.165) is 53.6 Å². The van der Waals surface area contributed by atoms with Crippen LogP contribution in [0.15, 0.2) is 48.9 Å². The largest absolute Gasteiger partial charge is 0.494 e. The molecule has 0 aliphatic carbocycles. The maximum absolute atomic E-state index is 5.85. The molecule has 1 saturated heterocycles. The van der Waals surface area contributed by atoms with Crippen molar-refractivity contribution in [1.29, 1.82) is 0 Å². The number of aryl methyl sites for hydroxylation is 2. The molecule has 40 heavy (non-hydrogen) atoms. The first kappa shape index (κ1) is 27.9. The second-order valence-electron chi connectivity index (χ2n) is 10.1. The maximum atomic E-state index is 5.85. The van der Waals surface area contributed by atoms with E-state index in [1.807, 2.05) is 16.9 Å². The van der Waals surface area contributed by atoms with Crippen LogP contribution in [0.5, 0.6) is 5.75 Å². The number of nitrogens with one attached hydrogen (secondary N) is 2. The van der Waals surface area contributed by atoms with Crippen molar-refractivity contribution in [2.24, 2.45) is 0 Å². The summed E-state index contributed by atoms with van der Waals surface area (Å²) in [4.78, 5) is 11.7. The van der Waals surface area contributed by atoms with Gasteiger partial charge in [-0.05, 0) is 63.4 Å². The zero-order valence-corrected chi connectivity index (χ0v) is 25.0. The van der Waals surface area contributed by atoms with Crippen LogP contribution in [0, 0.1) is 13.8 Å². The number of aromatic nitrogens is 4. The van der Waals surface area contributed by atoms with E-state index in [0.29, 0.717) is 24.9 Å². The van der Waals surface area contributed by atoms with Gasteiger partial charge in [-0.2, -0.15) is 10.1 Å². The Morgan fingerprint density at radius 1 is 1.05 bits per heavy atom. The molecule has 9 nitrogen and oxygen atoms in total. The minimum absolute atomic E-state index is 0.295. The molecule has 10 heteroatoms. The summed E-state index contributed by atoms with van der Waals surface area (Å²) in [6.45, 7) is 14.8. The lowest BCUT2D eigenvalue weighted by Gasteiger charge is -2.31. The minimum atomic E-state index is -0.295. The van der Waals surface area contributed by atoms with E-state index in [1.54, 1.807) is 13.3 Å². The lowest BCUT2D eigenvalue weighted by molar-refractivity contribution is 0.122. The lowest BCUT2D eigenvalue weighted by atomic mass is 10.0. The Morgan fingerprint density at radius 2 is 1.85 bits per heavy atom. The van der Waals surface area contributed by atoms with Gasteiger partial charge in [0, 0.05) is 65.9 Å². The number of nitrogens with zero attached hydrogens (tertiary/aromatic N) is 5. The molecular weight excluding hydrogens is 521 g/mol. The zero-order valence-electron chi connectivity index (χ0n) is 24.2. The molecule has 0 radical (unpaired) electrons. The molecule has 210 valence electrons. The van der Waals surface area contributed by atoms with Crippen molar-refractivity contribution in [2.45, 2.75) is 27.3 Å². The lowest BCUT2D eigenvalue weighted by Crippen LogP contribution is -2.36. The number of morpholine rings is 1. The number of hydrogen-bond acceptors (Lipinski definition) is 8. The highest BCUT2D eigenvalue weighted by atomic mass is 31.1. The Balaban J connectivity index is 1.49. The van der Waals surface area contributed by atoms with Crippen LogP contribution in [-0.4, -0.2) is 66.5 Å². The van der Waals surface area contributed by atoms with Crippen molar-refractivity contribution >= 4 is 42.1 Å². The van der Waals surface area contributed by atoms with Crippen LogP contribution in [0.25, 0.3) is 11.1 Å². The maximum Gasteiger partial charge on any atom is 0.229 e. The van der Waals surface area contributed by atoms with Crippen molar-refractivity contribution < 1.29 is 9.47 Å². The summed E-state index contributed by atoms with van der Waals surface area (Å²) in [5, 5.41) is 12.8. The monoisotopic (exact) mass is 559 g/mol. The Bertz CT molecular complexity index is 1480. The minimum Gasteiger partial charge on any atom is -0.494 e. The predicted molar refractivity (Wildman–Crippen MR) is 166 cm³/mol. The molecule has 2 aromatic carbocycles. The Labute approximate surface area is 237 Å². The van der Waals surface area contributed by atoms with Crippen LogP contribution in [-0.2, 0) is 11.3 Å². The second kappa shape index (κ2) is 12.2. The third kappa shape index (κ3) is 5.91. The highest BCUT2D eigenvalue weighted by Crippen LogP contribution is 2.40. The van der Waals surface area contributed by atoms with Gasteiger partial charge in [-0.3, -0.25) is 4.68 Å². The summed E-state index contributed by atoms with van der Waals surface area (Å²) in [6.07, 6.45) is 5.76. The average molecular weight is 560 g/mol. The van der Waals surface area contributed by atoms with Gasteiger partial charge in [0.05, 0.1) is 32.2 Å². The van der Waals surface area contributed by atoms with E-state index in [2.05, 4.69) is 90.2 Å². The molecule has 3 heterocycles. The SMILES string of the molecule is CCn1cc(-c2cc(Nc3nccc(Nc4ccc(C)c(C)c4P(C)C)n3)c(OC)cc2N2CCOCC2)cn1. The van der Waals surface area contributed by atoms with Crippen molar-refractivity contribution in [3.8, 4) is 16.9 Å². The summed E-state index contributed by atoms with van der Waals surface area (Å²) in [5.74, 6) is 1.93. The Hall–Kier alpha value is -3.68. The topological polar surface area (TPSA) is 89.4 Å². The van der Waals surface area contributed by atoms with Gasteiger partial charge in [-0.25, -0.2) is 4.98 Å². The number of methoxy groups -OCH3 is 1. The molecular formula is C30H38N7O2P. The quantitative estimate of drug-likeness (QED) is 0.254. The first-order chi connectivity index (χ1) is 19.4. The van der Waals surface area contributed by atoms with Gasteiger partial charge >= 0.3 is 0 Å². The molecule has 2 N–H and O–H groups in total. The number of rotatable bonds is 9. The second-order valence-corrected chi connectivity index (χ2v) is 12.3. The van der Waals surface area contributed by atoms with Gasteiger partial charge < -0.3 is 25.0 Å². The van der Waals surface area contributed by atoms with E-state index in [4.69, 9.17) is 14.5 Å².